The first-order valence-electron chi connectivity index (χ1n) is 6.35. The lowest BCUT2D eigenvalue weighted by Gasteiger charge is -2.30. The average molecular weight is 273 g/mol. The van der Waals surface area contributed by atoms with Gasteiger partial charge in [-0.25, -0.2) is 0 Å². The van der Waals surface area contributed by atoms with Crippen molar-refractivity contribution in [3.63, 3.8) is 0 Å². The average Bonchev–Trinajstić information content (AvgIpc) is 2.43. The number of ether oxygens (including phenoxy) is 2. The molecule has 7 heteroatoms. The third kappa shape index (κ3) is 5.14. The summed E-state index contributed by atoms with van der Waals surface area (Å²) in [6.07, 6.45) is 0. The van der Waals surface area contributed by atoms with Gasteiger partial charge in [-0.15, -0.1) is 0 Å². The Hall–Kier alpha value is -1.18. The van der Waals surface area contributed by atoms with Crippen LogP contribution in [0.25, 0.3) is 0 Å². The molecule has 1 saturated heterocycles. The number of likely N-dealkylation sites (N-methyl/N-ethyl adjacent to an activating group) is 1. The normalized spacial score (nSPS) is 19.0. The standard InChI is InChI=1S/C12H23N3O4/c1-14(2)11(16)8-15(5-7-18-3)12(17)10-9-19-6-4-13-10/h10,13H,4-9H2,1-3H3. The summed E-state index contributed by atoms with van der Waals surface area (Å²) in [6.45, 7) is 2.47. The zero-order valence-corrected chi connectivity index (χ0v) is 11.8. The topological polar surface area (TPSA) is 71.1 Å². The molecule has 1 unspecified atom stereocenters. The van der Waals surface area contributed by atoms with E-state index in [9.17, 15) is 9.59 Å². The van der Waals surface area contributed by atoms with E-state index in [1.165, 1.54) is 9.80 Å². The van der Waals surface area contributed by atoms with Crippen LogP contribution in [0.4, 0.5) is 0 Å². The second kappa shape index (κ2) is 8.08. The van der Waals surface area contributed by atoms with E-state index in [-0.39, 0.29) is 24.4 Å². The van der Waals surface area contributed by atoms with Gasteiger partial charge in [-0.2, -0.15) is 0 Å². The predicted molar refractivity (Wildman–Crippen MR) is 69.8 cm³/mol. The summed E-state index contributed by atoms with van der Waals surface area (Å²) in [4.78, 5) is 27.0. The van der Waals surface area contributed by atoms with Crippen LogP contribution in [0.15, 0.2) is 0 Å². The van der Waals surface area contributed by atoms with E-state index in [4.69, 9.17) is 9.47 Å². The lowest BCUT2D eigenvalue weighted by atomic mass is 10.2. The maximum atomic E-state index is 12.3. The minimum Gasteiger partial charge on any atom is -0.383 e. The van der Waals surface area contributed by atoms with Crippen molar-refractivity contribution in [2.75, 3.05) is 60.7 Å². The smallest absolute Gasteiger partial charge is 0.242 e. The maximum Gasteiger partial charge on any atom is 0.242 e. The van der Waals surface area contributed by atoms with Crippen LogP contribution in [0.2, 0.25) is 0 Å². The summed E-state index contributed by atoms with van der Waals surface area (Å²) in [6, 6.07) is -0.374. The van der Waals surface area contributed by atoms with E-state index in [1.807, 2.05) is 0 Å². The quantitative estimate of drug-likeness (QED) is 0.640. The molecule has 1 rings (SSSR count). The van der Waals surface area contributed by atoms with Crippen molar-refractivity contribution in [2.45, 2.75) is 6.04 Å². The predicted octanol–water partition coefficient (Wildman–Crippen LogP) is -1.46. The molecule has 2 amide bonds. The molecule has 19 heavy (non-hydrogen) atoms. The van der Waals surface area contributed by atoms with E-state index in [0.29, 0.717) is 32.9 Å². The first-order chi connectivity index (χ1) is 9.06. The van der Waals surface area contributed by atoms with Gasteiger partial charge >= 0.3 is 0 Å². The van der Waals surface area contributed by atoms with Crippen LogP contribution in [0.1, 0.15) is 0 Å². The summed E-state index contributed by atoms with van der Waals surface area (Å²) in [5, 5.41) is 3.10. The highest BCUT2D eigenvalue weighted by atomic mass is 16.5. The van der Waals surface area contributed by atoms with E-state index in [1.54, 1.807) is 21.2 Å². The number of hydrogen-bond acceptors (Lipinski definition) is 5. The van der Waals surface area contributed by atoms with Gasteiger partial charge in [0.1, 0.15) is 6.04 Å². The third-order valence-corrected chi connectivity index (χ3v) is 2.92. The fourth-order valence-electron chi connectivity index (χ4n) is 1.72. The highest BCUT2D eigenvalue weighted by molar-refractivity contribution is 5.87. The number of rotatable bonds is 6. The molecule has 1 fully saturated rings. The lowest BCUT2D eigenvalue weighted by molar-refractivity contribution is -0.143. The van der Waals surface area contributed by atoms with Gasteiger partial charge in [0, 0.05) is 34.3 Å². The molecule has 1 atom stereocenters. The number of carbonyl (C=O) groups excluding carboxylic acids is 2. The van der Waals surface area contributed by atoms with Crippen LogP contribution in [0, 0.1) is 0 Å². The fraction of sp³-hybridized carbons (Fsp3) is 0.833. The van der Waals surface area contributed by atoms with Crippen molar-refractivity contribution in [1.82, 2.24) is 15.1 Å². The van der Waals surface area contributed by atoms with Gasteiger partial charge in [0.15, 0.2) is 0 Å². The van der Waals surface area contributed by atoms with E-state index in [0.717, 1.165) is 0 Å². The Balaban J connectivity index is 2.60. The highest BCUT2D eigenvalue weighted by Crippen LogP contribution is 2.01. The Labute approximate surface area is 113 Å². The number of hydrogen-bond donors (Lipinski definition) is 1. The van der Waals surface area contributed by atoms with E-state index >= 15 is 0 Å². The molecule has 0 spiro atoms. The Morgan fingerprint density at radius 1 is 1.42 bits per heavy atom. The summed E-state index contributed by atoms with van der Waals surface area (Å²) in [7, 11) is 4.91. The molecule has 1 N–H and O–H groups in total. The number of amides is 2. The Morgan fingerprint density at radius 3 is 2.68 bits per heavy atom. The molecule has 7 nitrogen and oxygen atoms in total. The fourth-order valence-corrected chi connectivity index (χ4v) is 1.72. The number of nitrogens with zero attached hydrogens (tertiary/aromatic N) is 2. The monoisotopic (exact) mass is 273 g/mol. The molecule has 0 aromatic heterocycles. The van der Waals surface area contributed by atoms with Crippen LogP contribution in [-0.2, 0) is 19.1 Å². The Bertz CT molecular complexity index is 303. The van der Waals surface area contributed by atoms with Crippen molar-refractivity contribution in [3.05, 3.63) is 0 Å². The largest absolute Gasteiger partial charge is 0.383 e. The summed E-state index contributed by atoms with van der Waals surface area (Å²) >= 11 is 0. The van der Waals surface area contributed by atoms with Gasteiger partial charge in [0.25, 0.3) is 0 Å². The van der Waals surface area contributed by atoms with Gasteiger partial charge in [-0.1, -0.05) is 0 Å². The van der Waals surface area contributed by atoms with E-state index in [2.05, 4.69) is 5.32 Å². The molecule has 1 aliphatic rings. The van der Waals surface area contributed by atoms with Gasteiger partial charge in [-0.05, 0) is 0 Å². The molecule has 0 aliphatic carbocycles. The summed E-state index contributed by atoms with van der Waals surface area (Å²) in [5.74, 6) is -0.229. The van der Waals surface area contributed by atoms with E-state index < -0.39 is 0 Å². The van der Waals surface area contributed by atoms with Gasteiger partial charge in [0.05, 0.1) is 26.4 Å². The molecule has 0 aromatic rings. The van der Waals surface area contributed by atoms with Crippen LogP contribution in [-0.4, -0.2) is 88.3 Å². The zero-order valence-electron chi connectivity index (χ0n) is 11.8. The molecular weight excluding hydrogens is 250 g/mol. The van der Waals surface area contributed by atoms with Gasteiger partial charge in [-0.3, -0.25) is 9.59 Å². The van der Waals surface area contributed by atoms with Crippen molar-refractivity contribution < 1.29 is 19.1 Å². The molecule has 1 aliphatic heterocycles. The molecule has 0 bridgehead atoms. The van der Waals surface area contributed by atoms with Crippen LogP contribution < -0.4 is 5.32 Å². The molecule has 0 aromatic carbocycles. The first kappa shape index (κ1) is 15.9. The SMILES string of the molecule is COCCN(CC(=O)N(C)C)C(=O)C1COCCN1. The number of morpholine rings is 1. The Kier molecular flexibility index (Phi) is 6.75. The van der Waals surface area contributed by atoms with Crippen molar-refractivity contribution >= 4 is 11.8 Å². The minimum atomic E-state index is -0.374. The number of nitrogens with one attached hydrogen (secondary N) is 1. The highest BCUT2D eigenvalue weighted by Gasteiger charge is 2.27. The van der Waals surface area contributed by atoms with Gasteiger partial charge < -0.3 is 24.6 Å². The van der Waals surface area contributed by atoms with Crippen molar-refractivity contribution in [2.24, 2.45) is 0 Å². The second-order valence-electron chi connectivity index (χ2n) is 4.62. The maximum absolute atomic E-state index is 12.3. The lowest BCUT2D eigenvalue weighted by Crippen LogP contribution is -2.54. The third-order valence-electron chi connectivity index (χ3n) is 2.92. The minimum absolute atomic E-state index is 0.0629. The second-order valence-corrected chi connectivity index (χ2v) is 4.62. The molecular formula is C12H23N3O4. The molecule has 0 radical (unpaired) electrons. The van der Waals surface area contributed by atoms with Crippen molar-refractivity contribution in [3.8, 4) is 0 Å². The zero-order chi connectivity index (χ0) is 14.3. The molecule has 110 valence electrons. The van der Waals surface area contributed by atoms with Gasteiger partial charge in [0.2, 0.25) is 11.8 Å². The van der Waals surface area contributed by atoms with Crippen LogP contribution in [0.5, 0.6) is 0 Å². The van der Waals surface area contributed by atoms with Crippen LogP contribution >= 0.6 is 0 Å². The summed E-state index contributed by atoms with van der Waals surface area (Å²) in [5.41, 5.74) is 0. The van der Waals surface area contributed by atoms with Crippen molar-refractivity contribution in [1.29, 1.82) is 0 Å². The number of methoxy groups -OCH3 is 1. The molecule has 1 heterocycles. The van der Waals surface area contributed by atoms with Crippen LogP contribution in [0.3, 0.4) is 0 Å². The Morgan fingerprint density at radius 2 is 2.16 bits per heavy atom. The number of carbonyl (C=O) groups is 2. The molecule has 0 saturated carbocycles. The summed E-state index contributed by atoms with van der Waals surface area (Å²) < 4.78 is 10.3. The first-order valence-corrected chi connectivity index (χ1v) is 6.35.